The van der Waals surface area contributed by atoms with Crippen LogP contribution in [0.3, 0.4) is 0 Å². The fraction of sp³-hybridized carbons (Fsp3) is 0.250. The second-order valence-corrected chi connectivity index (χ2v) is 4.07. The summed E-state index contributed by atoms with van der Waals surface area (Å²) >= 11 is 1.21. The number of benzene rings is 1. The minimum atomic E-state index is -0.534. The molecule has 0 radical (unpaired) electrons. The lowest BCUT2D eigenvalue weighted by Gasteiger charge is -2.11. The Hall–Kier alpha value is -1.07. The normalized spacial score (nSPS) is 12.8. The van der Waals surface area contributed by atoms with E-state index in [0.717, 1.165) is 0 Å². The van der Waals surface area contributed by atoms with Gasteiger partial charge in [-0.15, -0.1) is 0 Å². The number of aliphatic hydroxyl groups is 1. The third-order valence-corrected chi connectivity index (χ3v) is 2.51. The van der Waals surface area contributed by atoms with E-state index in [2.05, 4.69) is 0 Å². The van der Waals surface area contributed by atoms with Crippen LogP contribution in [-0.2, 0) is 0 Å². The molecule has 1 rings (SSSR count). The van der Waals surface area contributed by atoms with E-state index in [9.17, 15) is 0 Å². The van der Waals surface area contributed by atoms with Crippen LogP contribution in [0.25, 0.3) is 0 Å². The van der Waals surface area contributed by atoms with Crippen molar-refractivity contribution in [1.29, 1.82) is 0 Å². The molecule has 0 aromatic heterocycles. The average molecular weight is 199 g/mol. The Labute approximate surface area is 81.1 Å². The highest BCUT2D eigenvalue weighted by Crippen LogP contribution is 2.34. The molecule has 0 aliphatic rings. The van der Waals surface area contributed by atoms with Gasteiger partial charge in [0.05, 0.1) is 4.90 Å². The molecular weight excluding hydrogens is 186 g/mol. The van der Waals surface area contributed by atoms with Crippen molar-refractivity contribution in [2.75, 3.05) is 17.2 Å². The van der Waals surface area contributed by atoms with Crippen LogP contribution in [0.2, 0.25) is 0 Å². The Kier molecular flexibility index (Phi) is 2.90. The van der Waals surface area contributed by atoms with Crippen LogP contribution < -0.4 is 17.2 Å². The zero-order chi connectivity index (χ0) is 10.0. The molecule has 1 atom stereocenters. The van der Waals surface area contributed by atoms with Gasteiger partial charge in [-0.05, 0) is 19.1 Å². The number of hydrogen-bond acceptors (Lipinski definition) is 5. The molecule has 0 spiro atoms. The molecule has 0 saturated carbocycles. The van der Waals surface area contributed by atoms with Gasteiger partial charge in [0.1, 0.15) is 5.44 Å². The topological polar surface area (TPSA) is 98.3 Å². The Morgan fingerprint density at radius 1 is 1.23 bits per heavy atom. The molecule has 7 N–H and O–H groups in total. The summed E-state index contributed by atoms with van der Waals surface area (Å²) in [4.78, 5) is 0.684. The Balaban J connectivity index is 3.06. The highest BCUT2D eigenvalue weighted by atomic mass is 32.2. The molecular formula is C8H13N3OS. The number of anilines is 3. The SMILES string of the molecule is CC(O)Sc1c(N)cc(N)cc1N. The van der Waals surface area contributed by atoms with Crippen LogP contribution in [-0.4, -0.2) is 10.5 Å². The number of nitrogen functional groups attached to an aromatic ring is 3. The molecule has 72 valence electrons. The van der Waals surface area contributed by atoms with Crippen molar-refractivity contribution in [3.05, 3.63) is 12.1 Å². The minimum Gasteiger partial charge on any atom is -0.399 e. The first-order chi connectivity index (χ1) is 6.00. The fourth-order valence-electron chi connectivity index (χ4n) is 1.01. The van der Waals surface area contributed by atoms with Gasteiger partial charge in [0, 0.05) is 17.1 Å². The maximum atomic E-state index is 9.14. The van der Waals surface area contributed by atoms with Crippen LogP contribution in [0.1, 0.15) is 6.92 Å². The molecule has 0 aliphatic heterocycles. The van der Waals surface area contributed by atoms with Crippen LogP contribution in [0, 0.1) is 0 Å². The summed E-state index contributed by atoms with van der Waals surface area (Å²) in [6.07, 6.45) is 0. The second kappa shape index (κ2) is 3.76. The molecule has 5 heteroatoms. The summed E-state index contributed by atoms with van der Waals surface area (Å²) in [7, 11) is 0. The maximum absolute atomic E-state index is 9.14. The van der Waals surface area contributed by atoms with Crippen molar-refractivity contribution in [3.63, 3.8) is 0 Å². The van der Waals surface area contributed by atoms with E-state index >= 15 is 0 Å². The van der Waals surface area contributed by atoms with Gasteiger partial charge in [0.2, 0.25) is 0 Å². The maximum Gasteiger partial charge on any atom is 0.101 e. The summed E-state index contributed by atoms with van der Waals surface area (Å²) < 4.78 is 0. The van der Waals surface area contributed by atoms with Crippen LogP contribution in [0.15, 0.2) is 17.0 Å². The third kappa shape index (κ3) is 2.43. The highest BCUT2D eigenvalue weighted by molar-refractivity contribution is 8.00. The third-order valence-electron chi connectivity index (χ3n) is 1.46. The Morgan fingerprint density at radius 2 is 1.69 bits per heavy atom. The van der Waals surface area contributed by atoms with Gasteiger partial charge in [-0.2, -0.15) is 0 Å². The van der Waals surface area contributed by atoms with E-state index in [0.29, 0.717) is 22.0 Å². The lowest BCUT2D eigenvalue weighted by Crippen LogP contribution is -2.01. The number of thioether (sulfide) groups is 1. The van der Waals surface area contributed by atoms with E-state index < -0.39 is 5.44 Å². The predicted octanol–water partition coefficient (Wildman–Crippen LogP) is 0.864. The molecule has 13 heavy (non-hydrogen) atoms. The lowest BCUT2D eigenvalue weighted by molar-refractivity contribution is 0.284. The molecule has 0 aliphatic carbocycles. The summed E-state index contributed by atoms with van der Waals surface area (Å²) in [5.74, 6) is 0. The second-order valence-electron chi connectivity index (χ2n) is 2.75. The van der Waals surface area contributed by atoms with Crippen LogP contribution >= 0.6 is 11.8 Å². The molecule has 1 aromatic carbocycles. The van der Waals surface area contributed by atoms with Gasteiger partial charge in [-0.3, -0.25) is 0 Å². The average Bonchev–Trinajstić information content (AvgIpc) is 1.96. The summed E-state index contributed by atoms with van der Waals surface area (Å²) in [5, 5.41) is 9.14. The fourth-order valence-corrected chi connectivity index (χ4v) is 1.74. The zero-order valence-corrected chi connectivity index (χ0v) is 8.14. The first kappa shape index (κ1) is 10.0. The lowest BCUT2D eigenvalue weighted by atomic mass is 10.2. The van der Waals surface area contributed by atoms with Crippen LogP contribution in [0.4, 0.5) is 17.1 Å². The molecule has 0 bridgehead atoms. The smallest absolute Gasteiger partial charge is 0.101 e. The van der Waals surface area contributed by atoms with Gasteiger partial charge in [-0.1, -0.05) is 11.8 Å². The zero-order valence-electron chi connectivity index (χ0n) is 7.32. The molecule has 0 fully saturated rings. The largest absolute Gasteiger partial charge is 0.399 e. The van der Waals surface area contributed by atoms with Crippen LogP contribution in [0.5, 0.6) is 0 Å². The molecule has 1 aromatic rings. The van der Waals surface area contributed by atoms with Gasteiger partial charge in [-0.25, -0.2) is 0 Å². The van der Waals surface area contributed by atoms with Gasteiger partial charge in [0.15, 0.2) is 0 Å². The van der Waals surface area contributed by atoms with Crippen molar-refractivity contribution in [2.24, 2.45) is 0 Å². The van der Waals surface area contributed by atoms with Crippen molar-refractivity contribution in [2.45, 2.75) is 17.3 Å². The Bertz CT molecular complexity index is 291. The first-order valence-electron chi connectivity index (χ1n) is 3.80. The van der Waals surface area contributed by atoms with Crippen molar-refractivity contribution < 1.29 is 5.11 Å². The number of aliphatic hydroxyl groups excluding tert-OH is 1. The minimum absolute atomic E-state index is 0.503. The molecule has 0 amide bonds. The summed E-state index contributed by atoms with van der Waals surface area (Å²) in [6, 6.07) is 3.25. The van der Waals surface area contributed by atoms with E-state index in [4.69, 9.17) is 22.3 Å². The van der Waals surface area contributed by atoms with Gasteiger partial charge in [0.25, 0.3) is 0 Å². The van der Waals surface area contributed by atoms with Crippen molar-refractivity contribution in [1.82, 2.24) is 0 Å². The number of hydrogen-bond donors (Lipinski definition) is 4. The first-order valence-corrected chi connectivity index (χ1v) is 4.68. The van der Waals surface area contributed by atoms with Gasteiger partial charge >= 0.3 is 0 Å². The summed E-state index contributed by atoms with van der Waals surface area (Å²) in [5.41, 5.74) is 17.9. The number of nitrogens with two attached hydrogens (primary N) is 3. The quantitative estimate of drug-likeness (QED) is 0.322. The monoisotopic (exact) mass is 199 g/mol. The molecule has 1 unspecified atom stereocenters. The van der Waals surface area contributed by atoms with Crippen molar-refractivity contribution in [3.8, 4) is 0 Å². The van der Waals surface area contributed by atoms with Crippen molar-refractivity contribution >= 4 is 28.8 Å². The molecule has 0 heterocycles. The number of rotatable bonds is 2. The Morgan fingerprint density at radius 3 is 2.08 bits per heavy atom. The highest BCUT2D eigenvalue weighted by Gasteiger charge is 2.08. The standard InChI is InChI=1S/C8H13N3OS/c1-4(12)13-8-6(10)2-5(9)3-7(8)11/h2-4,12H,9-11H2,1H3. The van der Waals surface area contributed by atoms with Gasteiger partial charge < -0.3 is 22.3 Å². The van der Waals surface area contributed by atoms with E-state index in [1.54, 1.807) is 19.1 Å². The molecule has 0 saturated heterocycles. The van der Waals surface area contributed by atoms with E-state index in [1.165, 1.54) is 11.8 Å². The predicted molar refractivity (Wildman–Crippen MR) is 57.2 cm³/mol. The van der Waals surface area contributed by atoms with E-state index in [-0.39, 0.29) is 0 Å². The molecule has 4 nitrogen and oxygen atoms in total. The summed E-state index contributed by atoms with van der Waals surface area (Å²) in [6.45, 7) is 1.65. The van der Waals surface area contributed by atoms with E-state index in [1.807, 2.05) is 0 Å².